The zero-order valence-corrected chi connectivity index (χ0v) is 20.4. The van der Waals surface area contributed by atoms with E-state index in [1.54, 1.807) is 0 Å². The fourth-order valence-electron chi connectivity index (χ4n) is 4.18. The van der Waals surface area contributed by atoms with Crippen molar-refractivity contribution in [3.8, 4) is 0 Å². The first-order valence-electron chi connectivity index (χ1n) is 11.2. The number of morpholine rings is 1. The molecular weight excluding hydrogens is 462 g/mol. The summed E-state index contributed by atoms with van der Waals surface area (Å²) in [6.07, 6.45) is 1.69. The van der Waals surface area contributed by atoms with Gasteiger partial charge in [0.05, 0.1) is 29.0 Å². The van der Waals surface area contributed by atoms with E-state index in [1.165, 1.54) is 28.6 Å². The van der Waals surface area contributed by atoms with Crippen LogP contribution < -0.4 is 4.72 Å². The molecule has 2 fully saturated rings. The Morgan fingerprint density at radius 1 is 0.848 bits per heavy atom. The number of nitrogens with zero attached hydrogens (tertiary/aromatic N) is 2. The van der Waals surface area contributed by atoms with Crippen molar-refractivity contribution in [2.75, 3.05) is 45.9 Å². The maximum Gasteiger partial charge on any atom is 0.243 e. The Bertz CT molecular complexity index is 1140. The van der Waals surface area contributed by atoms with E-state index in [9.17, 15) is 16.8 Å². The molecule has 1 unspecified atom stereocenters. The van der Waals surface area contributed by atoms with Crippen LogP contribution in [0.25, 0.3) is 0 Å². The van der Waals surface area contributed by atoms with Gasteiger partial charge in [-0.3, -0.25) is 4.90 Å². The van der Waals surface area contributed by atoms with E-state index >= 15 is 0 Å². The molecule has 2 saturated heterocycles. The molecule has 33 heavy (non-hydrogen) atoms. The summed E-state index contributed by atoms with van der Waals surface area (Å²) in [7, 11) is -7.46. The summed E-state index contributed by atoms with van der Waals surface area (Å²) >= 11 is 0. The van der Waals surface area contributed by atoms with Gasteiger partial charge in [-0.2, -0.15) is 4.31 Å². The average Bonchev–Trinajstić information content (AvgIpc) is 3.36. The normalized spacial score (nSPS) is 19.5. The van der Waals surface area contributed by atoms with Gasteiger partial charge < -0.3 is 4.74 Å². The Morgan fingerprint density at radius 2 is 1.42 bits per heavy atom. The zero-order valence-electron chi connectivity index (χ0n) is 18.8. The topological polar surface area (TPSA) is 96.0 Å². The molecule has 180 valence electrons. The van der Waals surface area contributed by atoms with Gasteiger partial charge in [0.25, 0.3) is 0 Å². The molecule has 0 saturated carbocycles. The van der Waals surface area contributed by atoms with Gasteiger partial charge in [0.1, 0.15) is 0 Å². The van der Waals surface area contributed by atoms with Crippen LogP contribution in [0.1, 0.15) is 30.0 Å². The highest BCUT2D eigenvalue weighted by molar-refractivity contribution is 7.89. The fraction of sp³-hybridized carbons (Fsp3) is 0.478. The van der Waals surface area contributed by atoms with Gasteiger partial charge >= 0.3 is 0 Å². The molecule has 0 amide bonds. The Morgan fingerprint density at radius 3 is 2.03 bits per heavy atom. The summed E-state index contributed by atoms with van der Waals surface area (Å²) in [6.45, 7) is 6.25. The molecule has 2 aliphatic rings. The van der Waals surface area contributed by atoms with E-state index in [1.807, 2.05) is 31.2 Å². The number of hydrogen-bond donors (Lipinski definition) is 1. The number of sulfonamides is 2. The molecule has 2 aromatic carbocycles. The molecule has 8 nitrogen and oxygen atoms in total. The Balaban J connectivity index is 1.55. The molecule has 1 N–H and O–H groups in total. The van der Waals surface area contributed by atoms with Crippen molar-refractivity contribution in [1.82, 2.24) is 13.9 Å². The van der Waals surface area contributed by atoms with Gasteiger partial charge in [0, 0.05) is 32.7 Å². The van der Waals surface area contributed by atoms with Crippen LogP contribution in [-0.2, 0) is 24.8 Å². The van der Waals surface area contributed by atoms with Gasteiger partial charge in [-0.1, -0.05) is 29.8 Å². The minimum absolute atomic E-state index is 0.0435. The monoisotopic (exact) mass is 493 g/mol. The van der Waals surface area contributed by atoms with Crippen LogP contribution in [0.3, 0.4) is 0 Å². The van der Waals surface area contributed by atoms with E-state index in [0.29, 0.717) is 32.8 Å². The lowest BCUT2D eigenvalue weighted by Gasteiger charge is -2.31. The third-order valence-corrected chi connectivity index (χ3v) is 9.56. The number of rotatable bonds is 8. The first-order valence-corrected chi connectivity index (χ1v) is 14.2. The van der Waals surface area contributed by atoms with Crippen molar-refractivity contribution in [3.05, 3.63) is 59.7 Å². The summed E-state index contributed by atoms with van der Waals surface area (Å²) < 4.78 is 61.7. The lowest BCUT2D eigenvalue weighted by Crippen LogP contribution is -2.43. The minimum Gasteiger partial charge on any atom is -0.379 e. The largest absolute Gasteiger partial charge is 0.379 e. The predicted octanol–water partition coefficient (Wildman–Crippen LogP) is 2.13. The number of ether oxygens (including phenoxy) is 1. The lowest BCUT2D eigenvalue weighted by atomic mass is 10.1. The summed E-state index contributed by atoms with van der Waals surface area (Å²) in [5, 5.41) is 0. The molecule has 0 radical (unpaired) electrons. The summed E-state index contributed by atoms with van der Waals surface area (Å²) in [5.41, 5.74) is 1.98. The molecule has 0 aliphatic carbocycles. The first kappa shape index (κ1) is 24.3. The third kappa shape index (κ3) is 5.82. The van der Waals surface area contributed by atoms with Crippen LogP contribution in [0.2, 0.25) is 0 Å². The van der Waals surface area contributed by atoms with Gasteiger partial charge in [0.2, 0.25) is 20.0 Å². The smallest absolute Gasteiger partial charge is 0.243 e. The zero-order chi connectivity index (χ0) is 23.5. The second kappa shape index (κ2) is 10.2. The molecule has 2 heterocycles. The van der Waals surface area contributed by atoms with E-state index in [-0.39, 0.29) is 9.79 Å². The second-order valence-corrected chi connectivity index (χ2v) is 12.2. The lowest BCUT2D eigenvalue weighted by molar-refractivity contribution is 0.0345. The molecule has 10 heteroatoms. The minimum atomic E-state index is -3.87. The molecule has 0 aromatic heterocycles. The van der Waals surface area contributed by atoms with Crippen molar-refractivity contribution in [2.24, 2.45) is 0 Å². The van der Waals surface area contributed by atoms with Crippen LogP contribution in [0, 0.1) is 6.92 Å². The standard InChI is InChI=1S/C23H31N3O5S2/c1-19-4-6-20(7-5-19)23(18-25-14-16-31-17-15-25)24-32(27,28)21-8-10-22(11-9-21)33(29,30)26-12-2-3-13-26/h4-11,23-24H,2-3,12-18H2,1H3. The van der Waals surface area contributed by atoms with Crippen LogP contribution in [0.15, 0.2) is 58.3 Å². The highest BCUT2D eigenvalue weighted by Crippen LogP contribution is 2.24. The number of aryl methyl sites for hydroxylation is 1. The van der Waals surface area contributed by atoms with Crippen molar-refractivity contribution in [3.63, 3.8) is 0 Å². The molecule has 4 rings (SSSR count). The number of benzene rings is 2. The quantitative estimate of drug-likeness (QED) is 0.605. The third-order valence-electron chi connectivity index (χ3n) is 6.16. The highest BCUT2D eigenvalue weighted by Gasteiger charge is 2.28. The van der Waals surface area contributed by atoms with Gasteiger partial charge in [0.15, 0.2) is 0 Å². The first-order chi connectivity index (χ1) is 15.8. The van der Waals surface area contributed by atoms with Crippen LogP contribution in [0.4, 0.5) is 0 Å². The Labute approximate surface area is 196 Å². The van der Waals surface area contributed by atoms with Gasteiger partial charge in [-0.25, -0.2) is 21.6 Å². The average molecular weight is 494 g/mol. The van der Waals surface area contributed by atoms with Crippen LogP contribution in [-0.4, -0.2) is 72.0 Å². The van der Waals surface area contributed by atoms with Crippen molar-refractivity contribution in [2.45, 2.75) is 35.6 Å². The summed E-state index contributed by atoms with van der Waals surface area (Å²) in [4.78, 5) is 2.34. The van der Waals surface area contributed by atoms with E-state index in [2.05, 4.69) is 9.62 Å². The summed E-state index contributed by atoms with van der Waals surface area (Å²) in [6, 6.07) is 12.9. The number of hydrogen-bond acceptors (Lipinski definition) is 6. The molecule has 0 bridgehead atoms. The van der Waals surface area contributed by atoms with Crippen molar-refractivity contribution < 1.29 is 21.6 Å². The second-order valence-electron chi connectivity index (χ2n) is 8.58. The maximum absolute atomic E-state index is 13.2. The summed E-state index contributed by atoms with van der Waals surface area (Å²) in [5.74, 6) is 0. The van der Waals surface area contributed by atoms with E-state index in [0.717, 1.165) is 37.1 Å². The highest BCUT2D eigenvalue weighted by atomic mass is 32.2. The molecule has 2 aliphatic heterocycles. The predicted molar refractivity (Wildman–Crippen MR) is 126 cm³/mol. The van der Waals surface area contributed by atoms with Crippen molar-refractivity contribution in [1.29, 1.82) is 0 Å². The fourth-order valence-corrected chi connectivity index (χ4v) is 6.91. The molecule has 1 atom stereocenters. The van der Waals surface area contributed by atoms with Gasteiger partial charge in [-0.15, -0.1) is 0 Å². The molecule has 2 aromatic rings. The van der Waals surface area contributed by atoms with Crippen molar-refractivity contribution >= 4 is 20.0 Å². The molecule has 0 spiro atoms. The Kier molecular flexibility index (Phi) is 7.52. The van der Waals surface area contributed by atoms with Crippen LogP contribution in [0.5, 0.6) is 0 Å². The van der Waals surface area contributed by atoms with E-state index in [4.69, 9.17) is 4.74 Å². The maximum atomic E-state index is 13.2. The SMILES string of the molecule is Cc1ccc(C(CN2CCOCC2)NS(=O)(=O)c2ccc(S(=O)(=O)N3CCCC3)cc2)cc1. The molecular formula is C23H31N3O5S2. The number of nitrogens with one attached hydrogen (secondary N) is 1. The van der Waals surface area contributed by atoms with Crippen LogP contribution >= 0.6 is 0 Å². The van der Waals surface area contributed by atoms with Gasteiger partial charge in [-0.05, 0) is 49.6 Å². The Hall–Kier alpha value is -1.82. The van der Waals surface area contributed by atoms with E-state index < -0.39 is 26.1 Å².